The fourth-order valence-electron chi connectivity index (χ4n) is 4.47. The number of ether oxygens (including phenoxy) is 1. The molecule has 1 N–H and O–H groups in total. The van der Waals surface area contributed by atoms with Crippen molar-refractivity contribution in [3.8, 4) is 5.75 Å². The molecule has 0 amide bonds. The van der Waals surface area contributed by atoms with Crippen LogP contribution in [0, 0.1) is 11.7 Å². The first kappa shape index (κ1) is 17.0. The van der Waals surface area contributed by atoms with Gasteiger partial charge in [-0.15, -0.1) is 5.10 Å². The number of piperidine rings is 1. The van der Waals surface area contributed by atoms with E-state index in [4.69, 9.17) is 4.74 Å². The number of hydrogen-bond donors (Lipinski definition) is 1. The van der Waals surface area contributed by atoms with E-state index in [1.807, 2.05) is 6.07 Å². The number of hydrogen-bond acceptors (Lipinski definition) is 6. The van der Waals surface area contributed by atoms with Crippen LogP contribution in [-0.2, 0) is 10.3 Å². The first-order valence-electron chi connectivity index (χ1n) is 9.33. The van der Waals surface area contributed by atoms with Gasteiger partial charge in [0.15, 0.2) is 11.3 Å². The third kappa shape index (κ3) is 2.30. The zero-order chi connectivity index (χ0) is 19.5. The highest BCUT2D eigenvalue weighted by atomic mass is 19.1. The summed E-state index contributed by atoms with van der Waals surface area (Å²) in [5.41, 5.74) is 0.930. The number of nitrogens with zero attached hydrogens (tertiary/aromatic N) is 4. The van der Waals surface area contributed by atoms with Gasteiger partial charge in [0.2, 0.25) is 0 Å². The summed E-state index contributed by atoms with van der Waals surface area (Å²) < 4.78 is 20.4. The number of phenols is 1. The van der Waals surface area contributed by atoms with E-state index in [0.717, 1.165) is 19.4 Å². The number of fused-ring (bicyclic) bond motifs is 2. The number of aromatic nitrogens is 3. The fourth-order valence-corrected chi connectivity index (χ4v) is 4.47. The van der Waals surface area contributed by atoms with Gasteiger partial charge >= 0.3 is 5.97 Å². The average Bonchev–Trinajstić information content (AvgIpc) is 3.07. The van der Waals surface area contributed by atoms with Gasteiger partial charge in [-0.25, -0.2) is 18.7 Å². The van der Waals surface area contributed by atoms with E-state index in [1.165, 1.54) is 28.9 Å². The molecule has 5 rings (SSSR count). The predicted molar refractivity (Wildman–Crippen MR) is 98.8 cm³/mol. The van der Waals surface area contributed by atoms with E-state index in [1.54, 1.807) is 13.0 Å². The molecule has 144 valence electrons. The van der Waals surface area contributed by atoms with Gasteiger partial charge in [0.1, 0.15) is 17.4 Å². The van der Waals surface area contributed by atoms with E-state index >= 15 is 0 Å². The van der Waals surface area contributed by atoms with Crippen LogP contribution in [0.3, 0.4) is 0 Å². The Balaban J connectivity index is 1.59. The lowest BCUT2D eigenvalue weighted by Gasteiger charge is -2.30. The Bertz CT molecular complexity index is 1100. The highest BCUT2D eigenvalue weighted by molar-refractivity contribution is 5.88. The van der Waals surface area contributed by atoms with Crippen LogP contribution in [0.1, 0.15) is 35.8 Å². The van der Waals surface area contributed by atoms with Gasteiger partial charge in [-0.1, -0.05) is 0 Å². The topological polar surface area (TPSA) is 80.0 Å². The van der Waals surface area contributed by atoms with Gasteiger partial charge in [-0.3, -0.25) is 0 Å². The fraction of sp³-hybridized carbons (Fsp3) is 0.350. The van der Waals surface area contributed by atoms with Crippen LogP contribution in [0.5, 0.6) is 5.75 Å². The van der Waals surface area contributed by atoms with E-state index in [2.05, 4.69) is 15.0 Å². The maximum atomic E-state index is 13.9. The number of benzene rings is 1. The summed E-state index contributed by atoms with van der Waals surface area (Å²) in [6.07, 6.45) is 3.21. The molecule has 3 heterocycles. The van der Waals surface area contributed by atoms with Crippen molar-refractivity contribution in [2.24, 2.45) is 5.92 Å². The van der Waals surface area contributed by atoms with Crippen LogP contribution in [0.15, 0.2) is 36.5 Å². The van der Waals surface area contributed by atoms with Gasteiger partial charge in [-0.05, 0) is 56.0 Å². The Hall–Kier alpha value is -3.16. The standard InChI is InChI=1S/C20H19FN4O3/c1-2-28-19(27)15-11-22-17-5-6-18(23-25(15)17)24-8-7-12-10-20(12,24)14-9-13(21)3-4-16(14)26/h3-6,9,11-12,26H,2,7-8,10H2,1H3. The number of esters is 1. The zero-order valence-electron chi connectivity index (χ0n) is 15.3. The number of imidazole rings is 1. The number of phenolic OH excluding ortho intramolecular Hbond substituents is 1. The van der Waals surface area contributed by atoms with Crippen LogP contribution in [0.2, 0.25) is 0 Å². The van der Waals surface area contributed by atoms with Crippen molar-refractivity contribution < 1.29 is 19.0 Å². The van der Waals surface area contributed by atoms with Crippen molar-refractivity contribution in [1.82, 2.24) is 14.6 Å². The molecule has 2 aromatic heterocycles. The molecule has 1 aromatic carbocycles. The first-order chi connectivity index (χ1) is 13.5. The lowest BCUT2D eigenvalue weighted by molar-refractivity contribution is 0.0516. The molecular weight excluding hydrogens is 363 g/mol. The summed E-state index contributed by atoms with van der Waals surface area (Å²) in [6, 6.07) is 7.70. The Morgan fingerprint density at radius 3 is 3.04 bits per heavy atom. The molecule has 1 aliphatic carbocycles. The normalized spacial score (nSPS) is 23.1. The van der Waals surface area contributed by atoms with Crippen LogP contribution >= 0.6 is 0 Å². The molecule has 2 atom stereocenters. The second-order valence-electron chi connectivity index (χ2n) is 7.25. The van der Waals surface area contributed by atoms with Crippen molar-refractivity contribution >= 4 is 17.4 Å². The van der Waals surface area contributed by atoms with Gasteiger partial charge in [0.25, 0.3) is 0 Å². The van der Waals surface area contributed by atoms with Gasteiger partial charge in [0, 0.05) is 12.1 Å². The second-order valence-corrected chi connectivity index (χ2v) is 7.25. The van der Waals surface area contributed by atoms with E-state index < -0.39 is 11.5 Å². The Kier molecular flexibility index (Phi) is 3.59. The molecule has 2 fully saturated rings. The quantitative estimate of drug-likeness (QED) is 0.699. The van der Waals surface area contributed by atoms with Crippen LogP contribution in [0.4, 0.5) is 10.2 Å². The Morgan fingerprint density at radius 2 is 2.25 bits per heavy atom. The summed E-state index contributed by atoms with van der Waals surface area (Å²) in [4.78, 5) is 18.5. The van der Waals surface area contributed by atoms with Crippen molar-refractivity contribution in [2.75, 3.05) is 18.1 Å². The molecule has 2 aliphatic rings. The minimum absolute atomic E-state index is 0.0896. The minimum Gasteiger partial charge on any atom is -0.508 e. The molecule has 2 unspecified atom stereocenters. The lowest BCUT2D eigenvalue weighted by atomic mass is 10.0. The molecule has 7 nitrogen and oxygen atoms in total. The lowest BCUT2D eigenvalue weighted by Crippen LogP contribution is -2.34. The Labute approximate surface area is 160 Å². The van der Waals surface area contributed by atoms with Crippen molar-refractivity contribution in [3.63, 3.8) is 0 Å². The summed E-state index contributed by atoms with van der Waals surface area (Å²) in [5, 5.41) is 15.0. The minimum atomic E-state index is -0.483. The molecule has 0 bridgehead atoms. The molecule has 28 heavy (non-hydrogen) atoms. The summed E-state index contributed by atoms with van der Waals surface area (Å²) >= 11 is 0. The van der Waals surface area contributed by atoms with Crippen molar-refractivity contribution in [1.29, 1.82) is 0 Å². The van der Waals surface area contributed by atoms with Crippen LogP contribution in [0.25, 0.3) is 5.65 Å². The second kappa shape index (κ2) is 5.92. The number of halogens is 1. The largest absolute Gasteiger partial charge is 0.508 e. The number of rotatable bonds is 4. The molecule has 3 aromatic rings. The van der Waals surface area contributed by atoms with Gasteiger partial charge in [-0.2, -0.15) is 0 Å². The highest BCUT2D eigenvalue weighted by Gasteiger charge is 2.64. The van der Waals surface area contributed by atoms with Crippen molar-refractivity contribution in [3.05, 3.63) is 53.6 Å². The number of carbonyl (C=O) groups excluding carboxylic acids is 1. The van der Waals surface area contributed by atoms with Crippen LogP contribution < -0.4 is 4.90 Å². The Morgan fingerprint density at radius 1 is 1.39 bits per heavy atom. The highest BCUT2D eigenvalue weighted by Crippen LogP contribution is 2.64. The third-order valence-electron chi connectivity index (χ3n) is 5.79. The smallest absolute Gasteiger partial charge is 0.358 e. The van der Waals surface area contributed by atoms with Gasteiger partial charge in [0.05, 0.1) is 18.3 Å². The summed E-state index contributed by atoms with van der Waals surface area (Å²) in [7, 11) is 0. The molecule has 1 saturated heterocycles. The molecule has 1 aliphatic heterocycles. The molecule has 8 heteroatoms. The van der Waals surface area contributed by atoms with E-state index in [0.29, 0.717) is 22.9 Å². The summed E-state index contributed by atoms with van der Waals surface area (Å²) in [6.45, 7) is 2.75. The molecule has 0 spiro atoms. The predicted octanol–water partition coefficient (Wildman–Crippen LogP) is 2.88. The monoisotopic (exact) mass is 382 g/mol. The third-order valence-corrected chi connectivity index (χ3v) is 5.79. The maximum Gasteiger partial charge on any atom is 0.358 e. The number of anilines is 1. The number of carbonyl (C=O) groups is 1. The molecule has 0 radical (unpaired) electrons. The summed E-state index contributed by atoms with van der Waals surface area (Å²) in [5.74, 6) is 0.224. The molecular formula is C20H19FN4O3. The maximum absolute atomic E-state index is 13.9. The zero-order valence-corrected chi connectivity index (χ0v) is 15.3. The molecule has 1 saturated carbocycles. The first-order valence-corrected chi connectivity index (χ1v) is 9.33. The SMILES string of the molecule is CCOC(=O)c1cnc2ccc(N3CCC4CC43c3cc(F)ccc3O)nn12. The van der Waals surface area contributed by atoms with E-state index in [-0.39, 0.29) is 23.9 Å². The average molecular weight is 382 g/mol. The van der Waals surface area contributed by atoms with Gasteiger partial charge < -0.3 is 14.7 Å². The number of aromatic hydroxyl groups is 1. The van der Waals surface area contributed by atoms with Crippen molar-refractivity contribution in [2.45, 2.75) is 25.3 Å². The van der Waals surface area contributed by atoms with E-state index in [9.17, 15) is 14.3 Å². The van der Waals surface area contributed by atoms with Crippen LogP contribution in [-0.4, -0.2) is 38.8 Å².